The average Bonchev–Trinajstić information content (AvgIpc) is 1.79. The molecule has 0 aromatic carbocycles. The monoisotopic (exact) mass is 187 g/mol. The highest BCUT2D eigenvalue weighted by molar-refractivity contribution is 4.89. The molecular weight excluding hydrogens is 166 g/mol. The molecule has 0 aromatic rings. The summed E-state index contributed by atoms with van der Waals surface area (Å²) in [6.45, 7) is 2.40. The van der Waals surface area contributed by atoms with Gasteiger partial charge in [0.1, 0.15) is 0 Å². The van der Waals surface area contributed by atoms with E-state index in [9.17, 15) is 10.2 Å². The van der Waals surface area contributed by atoms with Crippen molar-refractivity contribution in [2.45, 2.75) is 44.3 Å². The van der Waals surface area contributed by atoms with Crippen molar-refractivity contribution in [2.24, 2.45) is 5.92 Å². The van der Waals surface area contributed by atoms with Gasteiger partial charge in [-0.1, -0.05) is 6.42 Å². The lowest BCUT2D eigenvalue weighted by atomic mass is 9.71. The molecule has 3 heteroatoms. The van der Waals surface area contributed by atoms with Crippen LogP contribution in [-0.2, 0) is 0 Å². The van der Waals surface area contributed by atoms with Gasteiger partial charge >= 0.3 is 0 Å². The lowest BCUT2D eigenvalue weighted by molar-refractivity contribution is -0.0663. The third-order valence-corrected chi connectivity index (χ3v) is 3.07. The molecular formula is C10H21NO2. The van der Waals surface area contributed by atoms with E-state index in [1.165, 1.54) is 6.42 Å². The Labute approximate surface area is 80.2 Å². The van der Waals surface area contributed by atoms with E-state index in [4.69, 9.17) is 0 Å². The van der Waals surface area contributed by atoms with E-state index in [0.29, 0.717) is 18.9 Å². The Balaban J connectivity index is 2.31. The van der Waals surface area contributed by atoms with Crippen molar-refractivity contribution in [1.82, 2.24) is 5.32 Å². The average molecular weight is 187 g/mol. The molecule has 3 N–H and O–H groups in total. The summed E-state index contributed by atoms with van der Waals surface area (Å²) < 4.78 is 0. The second kappa shape index (κ2) is 4.40. The molecule has 0 radical (unpaired) electrons. The van der Waals surface area contributed by atoms with Crippen molar-refractivity contribution >= 4 is 0 Å². The summed E-state index contributed by atoms with van der Waals surface area (Å²) in [5.41, 5.74) is -0.672. The highest BCUT2D eigenvalue weighted by Crippen LogP contribution is 2.38. The van der Waals surface area contributed by atoms with Crippen LogP contribution in [0.2, 0.25) is 0 Å². The second-order valence-corrected chi connectivity index (χ2v) is 4.40. The van der Waals surface area contributed by atoms with Crippen molar-refractivity contribution in [3.8, 4) is 0 Å². The molecule has 2 atom stereocenters. The third kappa shape index (κ3) is 2.93. The predicted molar refractivity (Wildman–Crippen MR) is 52.5 cm³/mol. The van der Waals surface area contributed by atoms with Crippen LogP contribution in [-0.4, -0.2) is 35.5 Å². The topological polar surface area (TPSA) is 52.5 Å². The molecule has 0 amide bonds. The first-order valence-corrected chi connectivity index (χ1v) is 5.11. The summed E-state index contributed by atoms with van der Waals surface area (Å²) in [5, 5.41) is 22.5. The van der Waals surface area contributed by atoms with Crippen LogP contribution in [0.15, 0.2) is 0 Å². The zero-order valence-electron chi connectivity index (χ0n) is 8.58. The minimum absolute atomic E-state index is 0.402. The SMILES string of the molecule is CNCC(O)CC(C)(O)C1CCC1. The fourth-order valence-electron chi connectivity index (χ4n) is 1.98. The Morgan fingerprint density at radius 2 is 2.15 bits per heavy atom. The van der Waals surface area contributed by atoms with Crippen LogP contribution in [0.4, 0.5) is 0 Å². The molecule has 1 saturated carbocycles. The van der Waals surface area contributed by atoms with Crippen LogP contribution >= 0.6 is 0 Å². The second-order valence-electron chi connectivity index (χ2n) is 4.40. The van der Waals surface area contributed by atoms with Crippen LogP contribution in [0.5, 0.6) is 0 Å². The summed E-state index contributed by atoms with van der Waals surface area (Å²) in [7, 11) is 1.81. The van der Waals surface area contributed by atoms with Gasteiger partial charge in [0.2, 0.25) is 0 Å². The zero-order valence-corrected chi connectivity index (χ0v) is 8.58. The summed E-state index contributed by atoms with van der Waals surface area (Å²) in [4.78, 5) is 0. The molecule has 3 nitrogen and oxygen atoms in total. The van der Waals surface area contributed by atoms with Crippen molar-refractivity contribution in [1.29, 1.82) is 0 Å². The lowest BCUT2D eigenvalue weighted by Crippen LogP contribution is -2.43. The maximum atomic E-state index is 10.0. The van der Waals surface area contributed by atoms with E-state index in [1.54, 1.807) is 7.05 Å². The molecule has 1 aliphatic rings. The lowest BCUT2D eigenvalue weighted by Gasteiger charge is -2.40. The van der Waals surface area contributed by atoms with Gasteiger partial charge in [-0.3, -0.25) is 0 Å². The first kappa shape index (κ1) is 11.0. The molecule has 78 valence electrons. The summed E-state index contributed by atoms with van der Waals surface area (Å²) in [6, 6.07) is 0. The Kier molecular flexibility index (Phi) is 3.71. The van der Waals surface area contributed by atoms with Crippen LogP contribution in [0.25, 0.3) is 0 Å². The zero-order chi connectivity index (χ0) is 9.90. The molecule has 0 heterocycles. The Morgan fingerprint density at radius 3 is 2.54 bits per heavy atom. The molecule has 0 aliphatic heterocycles. The van der Waals surface area contributed by atoms with Crippen LogP contribution in [0.1, 0.15) is 32.6 Å². The van der Waals surface area contributed by atoms with E-state index < -0.39 is 11.7 Å². The number of likely N-dealkylation sites (N-methyl/N-ethyl adjacent to an activating group) is 1. The summed E-state index contributed by atoms with van der Waals surface area (Å²) >= 11 is 0. The number of rotatable bonds is 5. The predicted octanol–water partition coefficient (Wildman–Crippen LogP) is 0.508. The van der Waals surface area contributed by atoms with Crippen LogP contribution in [0, 0.1) is 5.92 Å². The van der Waals surface area contributed by atoms with Crippen molar-refractivity contribution < 1.29 is 10.2 Å². The highest BCUT2D eigenvalue weighted by atomic mass is 16.3. The van der Waals surface area contributed by atoms with Crippen LogP contribution < -0.4 is 5.32 Å². The van der Waals surface area contributed by atoms with Gasteiger partial charge < -0.3 is 15.5 Å². The Hall–Kier alpha value is -0.120. The minimum Gasteiger partial charge on any atom is -0.392 e. The fraction of sp³-hybridized carbons (Fsp3) is 1.00. The number of hydrogen-bond donors (Lipinski definition) is 3. The normalized spacial score (nSPS) is 24.9. The van der Waals surface area contributed by atoms with E-state index in [-0.39, 0.29) is 0 Å². The van der Waals surface area contributed by atoms with Gasteiger partial charge in [0, 0.05) is 13.0 Å². The first-order chi connectivity index (χ1) is 6.06. The molecule has 0 saturated heterocycles. The van der Waals surface area contributed by atoms with Gasteiger partial charge in [0.25, 0.3) is 0 Å². The van der Waals surface area contributed by atoms with Gasteiger partial charge in [-0.05, 0) is 32.7 Å². The maximum absolute atomic E-state index is 10.0. The highest BCUT2D eigenvalue weighted by Gasteiger charge is 2.37. The molecule has 0 aromatic heterocycles. The Morgan fingerprint density at radius 1 is 1.54 bits per heavy atom. The van der Waals surface area contributed by atoms with E-state index in [0.717, 1.165) is 12.8 Å². The van der Waals surface area contributed by atoms with Gasteiger partial charge in [-0.15, -0.1) is 0 Å². The number of nitrogens with one attached hydrogen (secondary N) is 1. The van der Waals surface area contributed by atoms with Crippen molar-refractivity contribution in [3.05, 3.63) is 0 Å². The van der Waals surface area contributed by atoms with E-state index in [1.807, 2.05) is 6.92 Å². The Bertz CT molecular complexity index is 155. The van der Waals surface area contributed by atoms with Crippen LogP contribution in [0.3, 0.4) is 0 Å². The smallest absolute Gasteiger partial charge is 0.0691 e. The molecule has 13 heavy (non-hydrogen) atoms. The first-order valence-electron chi connectivity index (χ1n) is 5.11. The van der Waals surface area contributed by atoms with Gasteiger partial charge in [-0.2, -0.15) is 0 Å². The number of aliphatic hydroxyl groups is 2. The number of aliphatic hydroxyl groups excluding tert-OH is 1. The molecule has 0 bridgehead atoms. The molecule has 0 spiro atoms. The van der Waals surface area contributed by atoms with E-state index >= 15 is 0 Å². The van der Waals surface area contributed by atoms with Gasteiger partial charge in [-0.25, -0.2) is 0 Å². The minimum atomic E-state index is -0.672. The standard InChI is InChI=1S/C10H21NO2/c1-10(13,8-4-3-5-8)6-9(12)7-11-2/h8-9,11-13H,3-7H2,1-2H3. The van der Waals surface area contributed by atoms with Gasteiger partial charge in [0.15, 0.2) is 0 Å². The van der Waals surface area contributed by atoms with Crippen molar-refractivity contribution in [2.75, 3.05) is 13.6 Å². The molecule has 2 unspecified atom stereocenters. The maximum Gasteiger partial charge on any atom is 0.0691 e. The largest absolute Gasteiger partial charge is 0.392 e. The van der Waals surface area contributed by atoms with E-state index in [2.05, 4.69) is 5.32 Å². The fourth-order valence-corrected chi connectivity index (χ4v) is 1.98. The molecule has 1 aliphatic carbocycles. The summed E-state index contributed by atoms with van der Waals surface area (Å²) in [5.74, 6) is 0.402. The quantitative estimate of drug-likeness (QED) is 0.588. The molecule has 1 fully saturated rings. The third-order valence-electron chi connectivity index (χ3n) is 3.07. The molecule has 1 rings (SSSR count). The summed E-state index contributed by atoms with van der Waals surface area (Å²) in [6.07, 6.45) is 3.50. The van der Waals surface area contributed by atoms with Crippen molar-refractivity contribution in [3.63, 3.8) is 0 Å². The van der Waals surface area contributed by atoms with Gasteiger partial charge in [0.05, 0.1) is 11.7 Å². The number of hydrogen-bond acceptors (Lipinski definition) is 3.